The number of allylic oxidation sites excluding steroid dienone is 5. The van der Waals surface area contributed by atoms with Crippen molar-refractivity contribution < 1.29 is 24.9 Å². The van der Waals surface area contributed by atoms with Crippen LogP contribution in [-0.2, 0) is 29.8 Å². The number of hydrogen-bond acceptors (Lipinski definition) is 10. The third-order valence-electron chi connectivity index (χ3n) is 13.7. The number of nitrogens with two attached hydrogens (primary N) is 2. The van der Waals surface area contributed by atoms with Gasteiger partial charge in [0.05, 0.1) is 24.9 Å². The fraction of sp³-hybridized carbons (Fsp3) is 0.382. The predicted molar refractivity (Wildman–Crippen MR) is 264 cm³/mol. The van der Waals surface area contributed by atoms with Gasteiger partial charge in [-0.2, -0.15) is 0 Å². The second kappa shape index (κ2) is 21.4. The number of ether oxygens (including phenoxy) is 1. The summed E-state index contributed by atoms with van der Waals surface area (Å²) in [4.78, 5) is 18.0. The molecule has 0 spiro atoms. The fourth-order valence-electron chi connectivity index (χ4n) is 9.81. The van der Waals surface area contributed by atoms with E-state index in [4.69, 9.17) is 16.2 Å². The van der Waals surface area contributed by atoms with Crippen LogP contribution in [0, 0.1) is 29.1 Å². The van der Waals surface area contributed by atoms with E-state index in [1.165, 1.54) is 5.56 Å². The minimum absolute atomic E-state index is 0.0277. The highest BCUT2D eigenvalue weighted by molar-refractivity contribution is 8.76. The fourth-order valence-corrected chi connectivity index (χ4v) is 12.3. The molecular weight excluding hydrogens is 847 g/mol. The van der Waals surface area contributed by atoms with Crippen molar-refractivity contribution in [2.24, 2.45) is 33.7 Å². The minimum atomic E-state index is -0.741. The summed E-state index contributed by atoms with van der Waals surface area (Å²) < 4.78 is 6.17. The van der Waals surface area contributed by atoms with Gasteiger partial charge in [-0.25, -0.2) is 0 Å². The first kappa shape index (κ1) is 46.4. The van der Waals surface area contributed by atoms with Crippen molar-refractivity contribution in [1.82, 2.24) is 0 Å². The molecule has 4 aromatic carbocycles. The molecule has 8 rings (SSSR count). The molecule has 0 aromatic heterocycles. The number of ketones is 1. The lowest BCUT2D eigenvalue weighted by Gasteiger charge is -2.28. The van der Waals surface area contributed by atoms with Gasteiger partial charge in [0.1, 0.15) is 5.75 Å². The highest BCUT2D eigenvalue weighted by Crippen LogP contribution is 2.49. The van der Waals surface area contributed by atoms with Crippen molar-refractivity contribution >= 4 is 33.1 Å². The zero-order valence-electron chi connectivity index (χ0n) is 37.3. The van der Waals surface area contributed by atoms with Gasteiger partial charge in [0.2, 0.25) is 0 Å². The summed E-state index contributed by atoms with van der Waals surface area (Å²) in [6, 6.07) is 25.6. The average Bonchev–Trinajstić information content (AvgIpc) is 3.96. The van der Waals surface area contributed by atoms with Crippen LogP contribution in [0.2, 0.25) is 0 Å². The van der Waals surface area contributed by atoms with Crippen LogP contribution in [0.15, 0.2) is 120 Å². The van der Waals surface area contributed by atoms with Crippen molar-refractivity contribution in [2.75, 3.05) is 12.4 Å². The molecule has 338 valence electrons. The van der Waals surface area contributed by atoms with Gasteiger partial charge in [0.15, 0.2) is 17.3 Å². The Kier molecular flexibility index (Phi) is 15.3. The lowest BCUT2D eigenvalue weighted by molar-refractivity contribution is -0.307. The van der Waals surface area contributed by atoms with Gasteiger partial charge in [-0.3, -0.25) is 9.79 Å². The lowest BCUT2D eigenvalue weighted by Crippen LogP contribution is -2.23. The molecule has 6 N–H and O–H groups in total. The number of benzene rings is 4. The number of carbonyl (C=O) groups excluding carboxylic acids is 1. The number of carbonyl (C=O) groups is 1. The standard InChI is InChI=1S/C55H61N3O5S2/c1-36(10-11-37-6-3-2-4-7-37)18-23-55-24-19-40(33-55)34-64-65-35-42-31-45-41(30-46(42)54(56)57)8-5-9-49-44(21-26-58-49)52(62)32-47(45)48-28-39(13-16-50(48)60)22-27-63-53-29-38(14-17-51(53)61)12-15-43(59)20-25-55/h2-4,6-7,13-14,16-17,20-21,25-26,28-31,36,40,47,54,60-62H,9-12,15,18-19,22-24,27,32-35,56-57H2,1H3/p-1/b25-20-,52-44?/t36-,40-,47+,55-/m1/s1. The molecule has 10 heteroatoms. The van der Waals surface area contributed by atoms with Gasteiger partial charge in [0.25, 0.3) is 0 Å². The number of nitrogens with zero attached hydrogens (tertiary/aromatic N) is 1. The maximum Gasteiger partial charge on any atom is 0.161 e. The molecule has 4 aliphatic rings. The highest BCUT2D eigenvalue weighted by Gasteiger charge is 2.37. The van der Waals surface area contributed by atoms with Crippen LogP contribution >= 0.6 is 21.6 Å². The first-order valence-corrected chi connectivity index (χ1v) is 25.6. The van der Waals surface area contributed by atoms with E-state index >= 15 is 0 Å². The van der Waals surface area contributed by atoms with Gasteiger partial charge in [-0.1, -0.05) is 101 Å². The number of aryl methyl sites for hydroxylation is 2. The summed E-state index contributed by atoms with van der Waals surface area (Å²) in [7, 11) is 3.66. The monoisotopic (exact) mass is 906 g/mol. The molecule has 2 aliphatic carbocycles. The summed E-state index contributed by atoms with van der Waals surface area (Å²) in [5.41, 5.74) is 21.3. The van der Waals surface area contributed by atoms with Gasteiger partial charge >= 0.3 is 0 Å². The van der Waals surface area contributed by atoms with Crippen molar-refractivity contribution in [3.63, 3.8) is 0 Å². The highest BCUT2D eigenvalue weighted by atomic mass is 33.1. The molecule has 0 saturated heterocycles. The van der Waals surface area contributed by atoms with Crippen molar-refractivity contribution in [3.8, 4) is 29.1 Å². The summed E-state index contributed by atoms with van der Waals surface area (Å²) in [6.07, 6.45) is 16.2. The Balaban J connectivity index is 1.10. The van der Waals surface area contributed by atoms with Gasteiger partial charge in [-0.05, 0) is 150 Å². The van der Waals surface area contributed by atoms with E-state index in [-0.39, 0.29) is 41.5 Å². The molecular formula is C55H60N3O5S2-. The molecule has 4 atom stereocenters. The van der Waals surface area contributed by atoms with E-state index < -0.39 is 12.1 Å². The molecule has 0 unspecified atom stereocenters. The van der Waals surface area contributed by atoms with Crippen molar-refractivity contribution in [2.45, 2.75) is 102 Å². The molecule has 0 amide bonds. The minimum Gasteiger partial charge on any atom is -0.875 e. The van der Waals surface area contributed by atoms with Crippen LogP contribution in [-0.4, -0.2) is 34.1 Å². The smallest absolute Gasteiger partial charge is 0.161 e. The Morgan fingerprint density at radius 1 is 0.938 bits per heavy atom. The summed E-state index contributed by atoms with van der Waals surface area (Å²) in [5.74, 6) is 9.33. The Morgan fingerprint density at radius 3 is 2.58 bits per heavy atom. The molecule has 1 fully saturated rings. The Hall–Kier alpha value is -5.18. The van der Waals surface area contributed by atoms with Crippen LogP contribution in [0.4, 0.5) is 0 Å². The predicted octanol–water partition coefficient (Wildman–Crippen LogP) is 10.3. The topological polar surface area (TPSA) is 154 Å². The Labute approximate surface area is 392 Å². The zero-order chi connectivity index (χ0) is 45.3. The number of rotatable bonds is 7. The van der Waals surface area contributed by atoms with E-state index in [1.807, 2.05) is 47.2 Å². The number of fused-ring (bicyclic) bond motifs is 9. The normalized spacial score (nSPS) is 22.4. The van der Waals surface area contributed by atoms with Gasteiger partial charge in [-0.15, -0.1) is 5.76 Å². The van der Waals surface area contributed by atoms with E-state index in [0.717, 1.165) is 84.1 Å². The van der Waals surface area contributed by atoms with Crippen LogP contribution in [0.25, 0.3) is 0 Å². The number of hydrogen-bond donors (Lipinski definition) is 4. The summed E-state index contributed by atoms with van der Waals surface area (Å²) >= 11 is 0. The lowest BCUT2D eigenvalue weighted by atomic mass is 9.78. The van der Waals surface area contributed by atoms with Gasteiger partial charge in [0, 0.05) is 47.6 Å². The number of phenolic OH excluding ortho intramolecular Hbond substituents is 2. The zero-order valence-corrected chi connectivity index (χ0v) is 38.9. The van der Waals surface area contributed by atoms with Crippen LogP contribution in [0.3, 0.4) is 0 Å². The molecule has 1 saturated carbocycles. The third-order valence-corrected chi connectivity index (χ3v) is 16.1. The van der Waals surface area contributed by atoms with Crippen molar-refractivity contribution in [1.29, 1.82) is 0 Å². The SMILES string of the molecule is C[C@H](CCc1ccccc1)CC[C@]12/C=C\C(=O)CCc3ccc(O)c(c3)OCCc3ccc(O)c(c3)[C@H]3CC([O-])=C4C=CN=C4CC#Cc4cc(C(N)N)c(cc43)CSSC[C@H](CC1)C2. The second-order valence-corrected chi connectivity index (χ2v) is 20.9. The molecule has 8 bridgehead atoms. The molecule has 2 heterocycles. The van der Waals surface area contributed by atoms with Gasteiger partial charge < -0.3 is 31.5 Å². The average molecular weight is 907 g/mol. The Morgan fingerprint density at radius 2 is 1.75 bits per heavy atom. The third kappa shape index (κ3) is 11.8. The Bertz CT molecular complexity index is 2550. The molecule has 4 aromatic rings. The molecule has 8 nitrogen and oxygen atoms in total. The molecule has 0 radical (unpaired) electrons. The number of phenols is 2. The second-order valence-electron chi connectivity index (χ2n) is 18.4. The van der Waals surface area contributed by atoms with E-state index in [9.17, 15) is 20.1 Å². The van der Waals surface area contributed by atoms with E-state index in [2.05, 4.69) is 66.2 Å². The summed E-state index contributed by atoms with van der Waals surface area (Å²) in [6.45, 7) is 2.61. The maximum absolute atomic E-state index is 14.2. The first-order chi connectivity index (χ1) is 31.5. The largest absolute Gasteiger partial charge is 0.875 e. The van der Waals surface area contributed by atoms with E-state index in [0.29, 0.717) is 65.9 Å². The van der Waals surface area contributed by atoms with Crippen LogP contribution < -0.4 is 21.3 Å². The van der Waals surface area contributed by atoms with Crippen molar-refractivity contribution in [3.05, 3.63) is 159 Å². The number of aliphatic imine (C=N–C) groups is 1. The number of aromatic hydroxyl groups is 2. The first-order valence-electron chi connectivity index (χ1n) is 23.1. The quantitative estimate of drug-likeness (QED) is 0.0806. The van der Waals surface area contributed by atoms with Crippen LogP contribution in [0.1, 0.15) is 121 Å². The summed E-state index contributed by atoms with van der Waals surface area (Å²) in [5, 5.41) is 36.5. The maximum atomic E-state index is 14.2. The molecule has 65 heavy (non-hydrogen) atoms. The molecule has 2 aliphatic heterocycles. The van der Waals surface area contributed by atoms with Crippen LogP contribution in [0.5, 0.6) is 17.2 Å². The van der Waals surface area contributed by atoms with E-state index in [1.54, 1.807) is 35.2 Å².